The zero-order valence-corrected chi connectivity index (χ0v) is 23.2. The van der Waals surface area contributed by atoms with Crippen LogP contribution in [0.4, 0.5) is 11.8 Å². The zero-order chi connectivity index (χ0) is 26.4. The van der Waals surface area contributed by atoms with Crippen LogP contribution in [0.15, 0.2) is 9.32 Å². The van der Waals surface area contributed by atoms with E-state index in [9.17, 15) is 4.79 Å². The first-order chi connectivity index (χ1) is 18.4. The molecule has 2 atom stereocenters. The summed E-state index contributed by atoms with van der Waals surface area (Å²) in [5, 5.41) is 6.33. The van der Waals surface area contributed by atoms with E-state index in [4.69, 9.17) is 19.5 Å². The van der Waals surface area contributed by atoms with Crippen molar-refractivity contribution in [3.63, 3.8) is 0 Å². The Bertz CT molecular complexity index is 1310. The van der Waals surface area contributed by atoms with Crippen LogP contribution in [0.5, 0.6) is 0 Å². The fourth-order valence-electron chi connectivity index (χ4n) is 6.73. The van der Waals surface area contributed by atoms with Gasteiger partial charge in [-0.1, -0.05) is 40.0 Å². The molecular formula is C28H42N8O2. The van der Waals surface area contributed by atoms with Crippen LogP contribution in [0, 0.1) is 23.7 Å². The normalized spacial score (nSPS) is 25.3. The van der Waals surface area contributed by atoms with E-state index in [0.29, 0.717) is 35.3 Å². The summed E-state index contributed by atoms with van der Waals surface area (Å²) < 4.78 is 7.27. The maximum absolute atomic E-state index is 11.7. The van der Waals surface area contributed by atoms with Crippen LogP contribution in [0.3, 0.4) is 0 Å². The minimum Gasteiger partial charge on any atom is -0.365 e. The number of anilines is 2. The van der Waals surface area contributed by atoms with Crippen molar-refractivity contribution in [1.82, 2.24) is 29.7 Å². The molecule has 3 aromatic rings. The quantitative estimate of drug-likeness (QED) is 0.413. The van der Waals surface area contributed by atoms with Crippen LogP contribution >= 0.6 is 0 Å². The molecule has 0 bridgehead atoms. The minimum atomic E-state index is -0.685. The summed E-state index contributed by atoms with van der Waals surface area (Å²) in [5.74, 6) is 4.26. The zero-order valence-electron chi connectivity index (χ0n) is 23.2. The van der Waals surface area contributed by atoms with Crippen molar-refractivity contribution in [2.24, 2.45) is 23.7 Å². The maximum Gasteiger partial charge on any atom is 0.460 e. The van der Waals surface area contributed by atoms with Gasteiger partial charge < -0.3 is 19.3 Å². The fourth-order valence-corrected chi connectivity index (χ4v) is 6.73. The molecule has 38 heavy (non-hydrogen) atoms. The molecule has 3 aromatic heterocycles. The second-order valence-corrected chi connectivity index (χ2v) is 12.4. The molecule has 1 saturated heterocycles. The van der Waals surface area contributed by atoms with E-state index in [0.717, 1.165) is 36.3 Å². The number of fused-ring (bicyclic) bond motifs is 1. The van der Waals surface area contributed by atoms with Crippen LogP contribution in [0.25, 0.3) is 22.8 Å². The van der Waals surface area contributed by atoms with Gasteiger partial charge in [-0.15, -0.1) is 4.98 Å². The summed E-state index contributed by atoms with van der Waals surface area (Å²) in [6.45, 7) is 11.2. The lowest BCUT2D eigenvalue weighted by Crippen LogP contribution is -2.36. The molecule has 3 aliphatic rings. The number of hydrogen-bond donors (Lipinski definition) is 2. The highest BCUT2D eigenvalue weighted by Gasteiger charge is 2.34. The van der Waals surface area contributed by atoms with E-state index in [1.165, 1.54) is 57.8 Å². The number of aromatic nitrogens is 6. The highest BCUT2D eigenvalue weighted by molar-refractivity contribution is 5.87. The molecule has 206 valence electrons. The third kappa shape index (κ3) is 4.82. The average Bonchev–Trinajstić information content (AvgIpc) is 3.58. The molecule has 4 heterocycles. The Labute approximate surface area is 224 Å². The number of nitrogens with one attached hydrogen (secondary N) is 2. The maximum atomic E-state index is 11.7. The van der Waals surface area contributed by atoms with Crippen LogP contribution in [0.2, 0.25) is 0 Å². The molecule has 0 spiro atoms. The minimum absolute atomic E-state index is 0.231. The van der Waals surface area contributed by atoms with Gasteiger partial charge in [-0.2, -0.15) is 10.1 Å². The summed E-state index contributed by atoms with van der Waals surface area (Å²) in [6.07, 6.45) is 11.2. The van der Waals surface area contributed by atoms with E-state index in [-0.39, 0.29) is 11.9 Å². The van der Waals surface area contributed by atoms with Crippen molar-refractivity contribution in [3.05, 3.63) is 10.6 Å². The number of H-pyrrole nitrogens is 1. The Morgan fingerprint density at radius 2 is 1.79 bits per heavy atom. The first-order valence-corrected chi connectivity index (χ1v) is 14.7. The topological polar surface area (TPSA) is 118 Å². The van der Waals surface area contributed by atoms with Crippen LogP contribution in [-0.2, 0) is 6.54 Å². The highest BCUT2D eigenvalue weighted by Crippen LogP contribution is 2.38. The molecule has 0 aromatic carbocycles. The van der Waals surface area contributed by atoms with Gasteiger partial charge in [0.2, 0.25) is 17.6 Å². The summed E-state index contributed by atoms with van der Waals surface area (Å²) in [4.78, 5) is 33.1. The molecule has 10 heteroatoms. The molecule has 2 saturated carbocycles. The van der Waals surface area contributed by atoms with E-state index in [1.54, 1.807) is 0 Å². The van der Waals surface area contributed by atoms with Crippen LogP contribution in [-0.4, -0.2) is 48.3 Å². The van der Waals surface area contributed by atoms with Gasteiger partial charge in [-0.05, 0) is 69.1 Å². The SMILES string of the molecule is CC1CCC(Cn2c(N3CCCC3C(C)C)nc3nc(-c4nc(=O)o[nH]4)nc(N[C@H](C)C4CCC4)c32)CC1. The third-order valence-electron chi connectivity index (χ3n) is 9.36. The van der Waals surface area contributed by atoms with E-state index in [1.807, 2.05) is 0 Å². The first kappa shape index (κ1) is 25.4. The first-order valence-electron chi connectivity index (χ1n) is 14.7. The molecule has 3 fully saturated rings. The molecule has 0 radical (unpaired) electrons. The van der Waals surface area contributed by atoms with Crippen molar-refractivity contribution in [2.45, 2.75) is 104 Å². The molecule has 1 aliphatic heterocycles. The lowest BCUT2D eigenvalue weighted by Gasteiger charge is -2.33. The Morgan fingerprint density at radius 1 is 1.00 bits per heavy atom. The smallest absolute Gasteiger partial charge is 0.365 e. The predicted octanol–water partition coefficient (Wildman–Crippen LogP) is 5.22. The summed E-state index contributed by atoms with van der Waals surface area (Å²) >= 11 is 0. The van der Waals surface area contributed by atoms with Crippen molar-refractivity contribution in [1.29, 1.82) is 0 Å². The van der Waals surface area contributed by atoms with Gasteiger partial charge in [0.05, 0.1) is 0 Å². The monoisotopic (exact) mass is 522 g/mol. The Kier molecular flexibility index (Phi) is 6.90. The second-order valence-electron chi connectivity index (χ2n) is 12.4. The second kappa shape index (κ2) is 10.3. The van der Waals surface area contributed by atoms with Crippen molar-refractivity contribution in [3.8, 4) is 11.6 Å². The third-order valence-corrected chi connectivity index (χ3v) is 9.36. The molecule has 2 N–H and O–H groups in total. The van der Waals surface area contributed by atoms with Crippen LogP contribution in [0.1, 0.15) is 85.5 Å². The van der Waals surface area contributed by atoms with Gasteiger partial charge in [-0.25, -0.2) is 14.8 Å². The number of nitrogens with zero attached hydrogens (tertiary/aromatic N) is 6. The van der Waals surface area contributed by atoms with Gasteiger partial charge in [0.1, 0.15) is 5.52 Å². The number of rotatable bonds is 8. The van der Waals surface area contributed by atoms with E-state index < -0.39 is 5.76 Å². The molecule has 2 aliphatic carbocycles. The molecule has 0 amide bonds. The van der Waals surface area contributed by atoms with Gasteiger partial charge in [0.15, 0.2) is 11.5 Å². The molecule has 1 unspecified atom stereocenters. The number of imidazole rings is 1. The van der Waals surface area contributed by atoms with Crippen molar-refractivity contribution < 1.29 is 4.52 Å². The number of hydrogen-bond acceptors (Lipinski definition) is 8. The van der Waals surface area contributed by atoms with Crippen LogP contribution < -0.4 is 16.0 Å². The predicted molar refractivity (Wildman–Crippen MR) is 148 cm³/mol. The van der Waals surface area contributed by atoms with E-state index in [2.05, 4.69) is 52.6 Å². The molecule has 6 rings (SSSR count). The molecule has 10 nitrogen and oxygen atoms in total. The standard InChI is InChI=1S/C28H42N8O2/c1-16(2)21-9-6-14-35(21)27-32-24-22(36(27)15-19-12-10-17(3)11-13-19)23(29-18(4)20-7-5-8-20)30-25(31-24)26-33-28(37)38-34-26/h16-21H,5-15H2,1-4H3,(H,29,30,31)(H,33,34,37)/t17?,18-,19?,21?/m1/s1. The lowest BCUT2D eigenvalue weighted by molar-refractivity contribution is 0.266. The Morgan fingerprint density at radius 3 is 2.45 bits per heavy atom. The van der Waals surface area contributed by atoms with Gasteiger partial charge >= 0.3 is 5.76 Å². The largest absolute Gasteiger partial charge is 0.460 e. The average molecular weight is 523 g/mol. The summed E-state index contributed by atoms with van der Waals surface area (Å²) in [7, 11) is 0. The Hall–Kier alpha value is -2.91. The van der Waals surface area contributed by atoms with Gasteiger partial charge in [-0.3, -0.25) is 0 Å². The van der Waals surface area contributed by atoms with Gasteiger partial charge in [0.25, 0.3) is 0 Å². The van der Waals surface area contributed by atoms with E-state index >= 15 is 0 Å². The molecular weight excluding hydrogens is 480 g/mol. The highest BCUT2D eigenvalue weighted by atomic mass is 16.5. The lowest BCUT2D eigenvalue weighted by atomic mass is 9.80. The summed E-state index contributed by atoms with van der Waals surface area (Å²) in [5.41, 5.74) is 1.62. The number of aromatic amines is 1. The van der Waals surface area contributed by atoms with Crippen molar-refractivity contribution in [2.75, 3.05) is 16.8 Å². The van der Waals surface area contributed by atoms with Gasteiger partial charge in [0, 0.05) is 25.2 Å². The van der Waals surface area contributed by atoms with Crippen molar-refractivity contribution >= 4 is 22.9 Å². The Balaban J connectivity index is 1.49. The summed E-state index contributed by atoms with van der Waals surface area (Å²) in [6, 6.07) is 0.741. The fraction of sp³-hybridized carbons (Fsp3) is 0.750.